The van der Waals surface area contributed by atoms with Gasteiger partial charge in [0, 0.05) is 11.6 Å². The van der Waals surface area contributed by atoms with Crippen LogP contribution in [0.3, 0.4) is 0 Å². The van der Waals surface area contributed by atoms with Crippen molar-refractivity contribution in [3.63, 3.8) is 0 Å². The van der Waals surface area contributed by atoms with Gasteiger partial charge in [0.15, 0.2) is 0 Å². The zero-order valence-corrected chi connectivity index (χ0v) is 14.3. The Morgan fingerprint density at radius 1 is 1.32 bits per heavy atom. The molecule has 0 spiro atoms. The first-order chi connectivity index (χ1) is 10.5. The van der Waals surface area contributed by atoms with Gasteiger partial charge in [0.25, 0.3) is 0 Å². The van der Waals surface area contributed by atoms with Gasteiger partial charge in [-0.2, -0.15) is 0 Å². The van der Waals surface area contributed by atoms with Gasteiger partial charge < -0.3 is 20.5 Å². The van der Waals surface area contributed by atoms with Crippen LogP contribution in [-0.2, 0) is 19.1 Å². The molecule has 0 aliphatic heterocycles. The normalized spacial score (nSPS) is 13.3. The van der Waals surface area contributed by atoms with Crippen molar-refractivity contribution in [2.24, 2.45) is 5.73 Å². The van der Waals surface area contributed by atoms with Crippen LogP contribution in [0, 0.1) is 0 Å². The summed E-state index contributed by atoms with van der Waals surface area (Å²) in [5.74, 6) is -0.755. The molecule has 0 saturated carbocycles. The van der Waals surface area contributed by atoms with Crippen LogP contribution in [0.25, 0.3) is 0 Å². The van der Waals surface area contributed by atoms with Crippen molar-refractivity contribution in [2.45, 2.75) is 25.4 Å². The predicted octanol–water partition coefficient (Wildman–Crippen LogP) is 1.53. The first kappa shape index (κ1) is 18.6. The third kappa shape index (κ3) is 6.13. The Morgan fingerprint density at radius 2 is 1.95 bits per heavy atom. The molecule has 1 aromatic carbocycles. The molecular formula is C15H21BrN2O4. The lowest BCUT2D eigenvalue weighted by molar-refractivity contribution is -0.143. The fourth-order valence-electron chi connectivity index (χ4n) is 1.87. The molecule has 0 fully saturated rings. The summed E-state index contributed by atoms with van der Waals surface area (Å²) in [7, 11) is 1.47. The van der Waals surface area contributed by atoms with E-state index in [9.17, 15) is 9.59 Å². The first-order valence-corrected chi connectivity index (χ1v) is 7.73. The second-order valence-corrected chi connectivity index (χ2v) is 5.60. The lowest BCUT2D eigenvalue weighted by Gasteiger charge is -2.20. The second kappa shape index (κ2) is 9.55. The van der Waals surface area contributed by atoms with E-state index in [0.29, 0.717) is 6.61 Å². The SMILES string of the molecule is CCOC(=O)CC(NC(=O)C(N)COC)c1ccc(Br)cc1. The van der Waals surface area contributed by atoms with Crippen molar-refractivity contribution >= 4 is 27.8 Å². The number of hydrogen-bond acceptors (Lipinski definition) is 5. The van der Waals surface area contributed by atoms with Crippen LogP contribution in [0.4, 0.5) is 0 Å². The minimum absolute atomic E-state index is 0.0426. The Balaban J connectivity index is 2.84. The zero-order chi connectivity index (χ0) is 16.5. The van der Waals surface area contributed by atoms with E-state index in [0.717, 1.165) is 10.0 Å². The number of amides is 1. The molecule has 122 valence electrons. The molecule has 6 nitrogen and oxygen atoms in total. The van der Waals surface area contributed by atoms with Crippen LogP contribution in [-0.4, -0.2) is 38.2 Å². The van der Waals surface area contributed by atoms with Crippen LogP contribution in [0.2, 0.25) is 0 Å². The number of esters is 1. The highest BCUT2D eigenvalue weighted by Crippen LogP contribution is 2.20. The maximum atomic E-state index is 12.0. The van der Waals surface area contributed by atoms with E-state index >= 15 is 0 Å². The summed E-state index contributed by atoms with van der Waals surface area (Å²) < 4.78 is 10.7. The molecule has 0 aliphatic carbocycles. The molecule has 2 unspecified atom stereocenters. The third-order valence-corrected chi connectivity index (χ3v) is 3.48. The number of carbonyl (C=O) groups excluding carboxylic acids is 2. The summed E-state index contributed by atoms with van der Waals surface area (Å²) >= 11 is 3.35. The molecule has 3 N–H and O–H groups in total. The zero-order valence-electron chi connectivity index (χ0n) is 12.7. The van der Waals surface area contributed by atoms with Crippen molar-refractivity contribution in [1.29, 1.82) is 0 Å². The largest absolute Gasteiger partial charge is 0.466 e. The van der Waals surface area contributed by atoms with E-state index in [-0.39, 0.29) is 24.9 Å². The molecule has 0 saturated heterocycles. The topological polar surface area (TPSA) is 90.7 Å². The van der Waals surface area contributed by atoms with Crippen molar-refractivity contribution in [1.82, 2.24) is 5.32 Å². The molecule has 0 aliphatic rings. The summed E-state index contributed by atoms with van der Waals surface area (Å²) in [4.78, 5) is 23.8. The lowest BCUT2D eigenvalue weighted by atomic mass is 10.0. The predicted molar refractivity (Wildman–Crippen MR) is 86.1 cm³/mol. The van der Waals surface area contributed by atoms with Gasteiger partial charge in [-0.1, -0.05) is 28.1 Å². The maximum Gasteiger partial charge on any atom is 0.308 e. The average Bonchev–Trinajstić information content (AvgIpc) is 2.47. The van der Waals surface area contributed by atoms with Gasteiger partial charge >= 0.3 is 5.97 Å². The number of ether oxygens (including phenoxy) is 2. The van der Waals surface area contributed by atoms with Crippen LogP contribution >= 0.6 is 15.9 Å². The molecule has 7 heteroatoms. The third-order valence-electron chi connectivity index (χ3n) is 2.95. The molecule has 0 heterocycles. The summed E-state index contributed by atoms with van der Waals surface area (Å²) in [5.41, 5.74) is 6.51. The Kier molecular flexibility index (Phi) is 8.08. The lowest BCUT2D eigenvalue weighted by Crippen LogP contribution is -2.45. The van der Waals surface area contributed by atoms with E-state index in [2.05, 4.69) is 21.2 Å². The van der Waals surface area contributed by atoms with Crippen LogP contribution in [0.5, 0.6) is 0 Å². The minimum Gasteiger partial charge on any atom is -0.466 e. The average molecular weight is 373 g/mol. The highest BCUT2D eigenvalue weighted by Gasteiger charge is 2.22. The monoisotopic (exact) mass is 372 g/mol. The Labute approximate surface area is 138 Å². The van der Waals surface area contributed by atoms with Gasteiger partial charge in [0.05, 0.1) is 25.7 Å². The second-order valence-electron chi connectivity index (χ2n) is 4.68. The summed E-state index contributed by atoms with van der Waals surface area (Å²) in [6.07, 6.45) is 0.0426. The van der Waals surface area contributed by atoms with Crippen molar-refractivity contribution in [3.05, 3.63) is 34.3 Å². The van der Waals surface area contributed by atoms with E-state index in [1.807, 2.05) is 24.3 Å². The van der Waals surface area contributed by atoms with Gasteiger partial charge in [-0.25, -0.2) is 0 Å². The maximum absolute atomic E-state index is 12.0. The molecule has 0 aromatic heterocycles. The van der Waals surface area contributed by atoms with Gasteiger partial charge in [-0.15, -0.1) is 0 Å². The van der Waals surface area contributed by atoms with Crippen molar-refractivity contribution in [3.8, 4) is 0 Å². The molecule has 1 amide bonds. The van der Waals surface area contributed by atoms with Crippen LogP contribution in [0.1, 0.15) is 24.9 Å². The summed E-state index contributed by atoms with van der Waals surface area (Å²) in [6.45, 7) is 2.14. The number of nitrogens with two attached hydrogens (primary N) is 1. The Hall–Kier alpha value is -1.44. The van der Waals surface area contributed by atoms with E-state index in [1.165, 1.54) is 7.11 Å². The number of hydrogen-bond donors (Lipinski definition) is 2. The van der Waals surface area contributed by atoms with Gasteiger partial charge in [-0.3, -0.25) is 9.59 Å². The molecule has 2 atom stereocenters. The number of nitrogens with one attached hydrogen (secondary N) is 1. The molecule has 0 radical (unpaired) electrons. The number of benzene rings is 1. The smallest absolute Gasteiger partial charge is 0.308 e. The van der Waals surface area contributed by atoms with E-state index in [1.54, 1.807) is 6.92 Å². The highest BCUT2D eigenvalue weighted by atomic mass is 79.9. The van der Waals surface area contributed by atoms with Crippen LogP contribution in [0.15, 0.2) is 28.7 Å². The van der Waals surface area contributed by atoms with Crippen molar-refractivity contribution < 1.29 is 19.1 Å². The Bertz CT molecular complexity index is 493. The summed E-state index contributed by atoms with van der Waals surface area (Å²) in [5, 5.41) is 2.77. The first-order valence-electron chi connectivity index (χ1n) is 6.93. The number of rotatable bonds is 8. The molecule has 0 bridgehead atoms. The van der Waals surface area contributed by atoms with Gasteiger partial charge in [0.1, 0.15) is 6.04 Å². The van der Waals surface area contributed by atoms with Crippen LogP contribution < -0.4 is 11.1 Å². The van der Waals surface area contributed by atoms with E-state index in [4.69, 9.17) is 15.2 Å². The number of halogens is 1. The summed E-state index contributed by atoms with van der Waals surface area (Å²) in [6, 6.07) is 6.06. The Morgan fingerprint density at radius 3 is 2.50 bits per heavy atom. The quantitative estimate of drug-likeness (QED) is 0.675. The van der Waals surface area contributed by atoms with Gasteiger partial charge in [-0.05, 0) is 24.6 Å². The molecular weight excluding hydrogens is 352 g/mol. The minimum atomic E-state index is -0.787. The fourth-order valence-corrected chi connectivity index (χ4v) is 2.13. The molecule has 1 rings (SSSR count). The molecule has 1 aromatic rings. The number of carbonyl (C=O) groups is 2. The standard InChI is InChI=1S/C15H21BrN2O4/c1-3-22-14(19)8-13(10-4-6-11(16)7-5-10)18-15(20)12(17)9-21-2/h4-7,12-13H,3,8-9,17H2,1-2H3,(H,18,20). The van der Waals surface area contributed by atoms with E-state index < -0.39 is 12.1 Å². The van der Waals surface area contributed by atoms with Crippen molar-refractivity contribution in [2.75, 3.05) is 20.3 Å². The van der Waals surface area contributed by atoms with Gasteiger partial charge in [0.2, 0.25) is 5.91 Å². The molecule has 22 heavy (non-hydrogen) atoms. The number of methoxy groups -OCH3 is 1. The fraction of sp³-hybridized carbons (Fsp3) is 0.467. The highest BCUT2D eigenvalue weighted by molar-refractivity contribution is 9.10.